The quantitative estimate of drug-likeness (QED) is 0.339. The Bertz CT molecular complexity index is 344. The summed E-state index contributed by atoms with van der Waals surface area (Å²) in [5, 5.41) is 5.09. The first-order chi connectivity index (χ1) is 8.06. The molecule has 0 aromatic heterocycles. The molecule has 0 aromatic carbocycles. The molecule has 0 atom stereocenters. The molecular weight excluding hydrogens is 236 g/mol. The first kappa shape index (κ1) is 13.8. The van der Waals surface area contributed by atoms with Crippen molar-refractivity contribution in [2.24, 2.45) is 5.41 Å². The predicted molar refractivity (Wildman–Crippen MR) is 70.3 cm³/mol. The van der Waals surface area contributed by atoms with Crippen molar-refractivity contribution < 1.29 is 9.59 Å². The molecule has 0 aliphatic carbocycles. The lowest BCUT2D eigenvalue weighted by molar-refractivity contribution is -0.140. The largest absolute Gasteiger partial charge is 0.302 e. The average molecular weight is 254 g/mol. The maximum atomic E-state index is 11.9. The standard InChI is InChI=1S/C12H18N2O2S/c1-3-5-6-7-8-12(4-2)9(15)13-11(17)14-10(12)16/h7-8H,3-6H2,1-2H3,(H2,13,14,15,16,17)/b8-7-. The van der Waals surface area contributed by atoms with Crippen LogP contribution in [0.15, 0.2) is 12.2 Å². The Hall–Kier alpha value is -1.23. The van der Waals surface area contributed by atoms with Crippen LogP contribution in [0.25, 0.3) is 0 Å². The Kier molecular flexibility index (Phi) is 4.81. The highest BCUT2D eigenvalue weighted by Gasteiger charge is 2.45. The number of thiocarbonyl (C=S) groups is 1. The van der Waals surface area contributed by atoms with E-state index < -0.39 is 5.41 Å². The van der Waals surface area contributed by atoms with Gasteiger partial charge in [0.2, 0.25) is 11.8 Å². The number of allylic oxidation sites excluding steroid dienone is 1. The number of rotatable bonds is 5. The average Bonchev–Trinajstić information content (AvgIpc) is 2.27. The van der Waals surface area contributed by atoms with Crippen LogP contribution in [0.5, 0.6) is 0 Å². The molecule has 5 heteroatoms. The summed E-state index contributed by atoms with van der Waals surface area (Å²) in [6, 6.07) is 0. The molecule has 2 amide bonds. The second-order valence-electron chi connectivity index (χ2n) is 4.11. The maximum absolute atomic E-state index is 11.9. The van der Waals surface area contributed by atoms with E-state index in [0.717, 1.165) is 19.3 Å². The van der Waals surface area contributed by atoms with Crippen LogP contribution in [0.2, 0.25) is 0 Å². The summed E-state index contributed by atoms with van der Waals surface area (Å²) in [6.45, 7) is 3.92. The fourth-order valence-electron chi connectivity index (χ4n) is 1.76. The van der Waals surface area contributed by atoms with E-state index in [2.05, 4.69) is 17.6 Å². The molecule has 1 fully saturated rings. The molecular formula is C12H18N2O2S. The monoisotopic (exact) mass is 254 g/mol. The second kappa shape index (κ2) is 5.91. The van der Waals surface area contributed by atoms with E-state index >= 15 is 0 Å². The molecule has 0 spiro atoms. The van der Waals surface area contributed by atoms with E-state index in [4.69, 9.17) is 12.2 Å². The van der Waals surface area contributed by atoms with Gasteiger partial charge in [0.25, 0.3) is 0 Å². The summed E-state index contributed by atoms with van der Waals surface area (Å²) < 4.78 is 0. The van der Waals surface area contributed by atoms with Gasteiger partial charge in [-0.05, 0) is 25.1 Å². The molecule has 17 heavy (non-hydrogen) atoms. The Morgan fingerprint density at radius 3 is 2.29 bits per heavy atom. The van der Waals surface area contributed by atoms with Gasteiger partial charge in [0, 0.05) is 0 Å². The Balaban J connectivity index is 2.85. The Morgan fingerprint density at radius 2 is 1.82 bits per heavy atom. The van der Waals surface area contributed by atoms with Gasteiger partial charge >= 0.3 is 0 Å². The lowest BCUT2D eigenvalue weighted by Crippen LogP contribution is -2.61. The summed E-state index contributed by atoms with van der Waals surface area (Å²) in [5.74, 6) is -0.664. The van der Waals surface area contributed by atoms with Crippen molar-refractivity contribution in [3.05, 3.63) is 12.2 Å². The number of amides is 2. The molecule has 0 bridgehead atoms. The number of unbranched alkanes of at least 4 members (excludes halogenated alkanes) is 2. The summed E-state index contributed by atoms with van der Waals surface area (Å²) >= 11 is 4.78. The fraction of sp³-hybridized carbons (Fsp3) is 0.583. The lowest BCUT2D eigenvalue weighted by Gasteiger charge is -2.31. The summed E-state index contributed by atoms with van der Waals surface area (Å²) in [6.07, 6.45) is 7.05. The smallest absolute Gasteiger partial charge is 0.245 e. The number of carbonyl (C=O) groups excluding carboxylic acids is 2. The van der Waals surface area contributed by atoms with Crippen LogP contribution in [-0.2, 0) is 9.59 Å². The molecule has 1 rings (SSSR count). The van der Waals surface area contributed by atoms with Crippen LogP contribution in [-0.4, -0.2) is 16.9 Å². The Morgan fingerprint density at radius 1 is 1.24 bits per heavy atom. The number of nitrogens with one attached hydrogen (secondary N) is 2. The van der Waals surface area contributed by atoms with Crippen molar-refractivity contribution in [2.75, 3.05) is 0 Å². The van der Waals surface area contributed by atoms with Gasteiger partial charge in [-0.2, -0.15) is 0 Å². The van der Waals surface area contributed by atoms with Gasteiger partial charge < -0.3 is 10.6 Å². The summed E-state index contributed by atoms with van der Waals surface area (Å²) in [4.78, 5) is 23.8. The van der Waals surface area contributed by atoms with Crippen LogP contribution >= 0.6 is 12.2 Å². The van der Waals surface area contributed by atoms with E-state index in [1.165, 1.54) is 0 Å². The van der Waals surface area contributed by atoms with Crippen molar-refractivity contribution in [3.63, 3.8) is 0 Å². The van der Waals surface area contributed by atoms with Gasteiger partial charge in [-0.25, -0.2) is 0 Å². The molecule has 1 saturated heterocycles. The molecule has 94 valence electrons. The minimum absolute atomic E-state index is 0.0889. The van der Waals surface area contributed by atoms with Crippen molar-refractivity contribution in [2.45, 2.75) is 39.5 Å². The maximum Gasteiger partial charge on any atom is 0.245 e. The van der Waals surface area contributed by atoms with Gasteiger partial charge in [0.1, 0.15) is 5.41 Å². The fourth-order valence-corrected chi connectivity index (χ4v) is 1.95. The zero-order valence-corrected chi connectivity index (χ0v) is 11.0. The molecule has 0 aromatic rings. The van der Waals surface area contributed by atoms with Gasteiger partial charge in [0.05, 0.1) is 0 Å². The lowest BCUT2D eigenvalue weighted by atomic mass is 9.81. The van der Waals surface area contributed by atoms with Crippen molar-refractivity contribution in [3.8, 4) is 0 Å². The van der Waals surface area contributed by atoms with E-state index in [9.17, 15) is 9.59 Å². The van der Waals surface area contributed by atoms with Crippen molar-refractivity contribution in [1.29, 1.82) is 0 Å². The SMILES string of the molecule is CCCC/C=C\C1(CC)C(=O)NC(=S)NC1=O. The highest BCUT2D eigenvalue weighted by Crippen LogP contribution is 2.27. The van der Waals surface area contributed by atoms with Gasteiger partial charge in [-0.3, -0.25) is 9.59 Å². The topological polar surface area (TPSA) is 58.2 Å². The molecule has 1 aliphatic rings. The third-order valence-electron chi connectivity index (χ3n) is 2.95. The third kappa shape index (κ3) is 2.91. The van der Waals surface area contributed by atoms with E-state index in [0.29, 0.717) is 6.42 Å². The number of hydrogen-bond acceptors (Lipinski definition) is 3. The minimum Gasteiger partial charge on any atom is -0.302 e. The minimum atomic E-state index is -1.10. The molecule has 0 radical (unpaired) electrons. The zero-order valence-electron chi connectivity index (χ0n) is 10.2. The predicted octanol–water partition coefficient (Wildman–Crippen LogP) is 1.66. The van der Waals surface area contributed by atoms with Crippen LogP contribution in [0.4, 0.5) is 0 Å². The second-order valence-corrected chi connectivity index (χ2v) is 4.52. The van der Waals surface area contributed by atoms with Gasteiger partial charge in [-0.15, -0.1) is 0 Å². The molecule has 4 nitrogen and oxygen atoms in total. The molecule has 2 N–H and O–H groups in total. The number of carbonyl (C=O) groups is 2. The van der Waals surface area contributed by atoms with Crippen LogP contribution in [0.1, 0.15) is 39.5 Å². The summed E-state index contributed by atoms with van der Waals surface area (Å²) in [5.41, 5.74) is -1.10. The van der Waals surface area contributed by atoms with Crippen LogP contribution < -0.4 is 10.6 Å². The van der Waals surface area contributed by atoms with Gasteiger partial charge in [0.15, 0.2) is 5.11 Å². The zero-order chi connectivity index (χ0) is 12.9. The molecule has 1 heterocycles. The van der Waals surface area contributed by atoms with E-state index in [1.807, 2.05) is 13.0 Å². The van der Waals surface area contributed by atoms with E-state index in [1.54, 1.807) is 6.08 Å². The molecule has 1 aliphatic heterocycles. The van der Waals surface area contributed by atoms with Gasteiger partial charge in [-0.1, -0.05) is 38.8 Å². The Labute approximate surface area is 107 Å². The normalized spacial score (nSPS) is 19.3. The van der Waals surface area contributed by atoms with E-state index in [-0.39, 0.29) is 16.9 Å². The third-order valence-corrected chi connectivity index (χ3v) is 3.15. The number of hydrogen-bond donors (Lipinski definition) is 2. The first-order valence-electron chi connectivity index (χ1n) is 5.91. The van der Waals surface area contributed by atoms with Crippen molar-refractivity contribution >= 4 is 29.1 Å². The van der Waals surface area contributed by atoms with Crippen molar-refractivity contribution in [1.82, 2.24) is 10.6 Å². The van der Waals surface area contributed by atoms with Crippen LogP contribution in [0.3, 0.4) is 0 Å². The first-order valence-corrected chi connectivity index (χ1v) is 6.32. The molecule has 0 unspecified atom stereocenters. The summed E-state index contributed by atoms with van der Waals surface area (Å²) in [7, 11) is 0. The molecule has 0 saturated carbocycles. The highest BCUT2D eigenvalue weighted by atomic mass is 32.1. The van der Waals surface area contributed by atoms with Crippen LogP contribution in [0, 0.1) is 5.41 Å². The highest BCUT2D eigenvalue weighted by molar-refractivity contribution is 7.80.